The van der Waals surface area contributed by atoms with Crippen LogP contribution in [0, 0.1) is 17.8 Å². The molecule has 4 atom stereocenters. The molecule has 0 spiro atoms. The Bertz CT molecular complexity index is 833. The molecule has 0 unspecified atom stereocenters. The first-order valence-corrected chi connectivity index (χ1v) is 8.24. The Kier molecular flexibility index (Phi) is 3.80. The van der Waals surface area contributed by atoms with Gasteiger partial charge in [0.25, 0.3) is 5.91 Å². The van der Waals surface area contributed by atoms with Gasteiger partial charge in [-0.05, 0) is 30.4 Å². The molecule has 2 N–H and O–H groups in total. The fraction of sp³-hybridized carbons (Fsp3) is 0.263. The zero-order chi connectivity index (χ0) is 17.4. The number of rotatable bonds is 4. The molecule has 1 fully saturated rings. The predicted octanol–water partition coefficient (Wildman–Crippen LogP) is 2.15. The summed E-state index contributed by atoms with van der Waals surface area (Å²) in [6.07, 6.45) is 4.72. The number of carboxylic acids is 1. The lowest BCUT2D eigenvalue weighted by Crippen LogP contribution is -2.45. The van der Waals surface area contributed by atoms with E-state index in [1.165, 1.54) is 0 Å². The minimum Gasteiger partial charge on any atom is -0.481 e. The van der Waals surface area contributed by atoms with Gasteiger partial charge in [0.15, 0.2) is 5.69 Å². The number of carbonyl (C=O) groups excluding carboxylic acids is 1. The van der Waals surface area contributed by atoms with Crippen LogP contribution in [-0.2, 0) is 4.79 Å². The molecule has 25 heavy (non-hydrogen) atoms. The number of benzene rings is 1. The molecule has 0 saturated heterocycles. The average Bonchev–Trinajstić information content (AvgIpc) is 3.24. The average molecular weight is 335 g/mol. The van der Waals surface area contributed by atoms with Gasteiger partial charge in [-0.3, -0.25) is 9.59 Å². The SMILES string of the molecule is O=C(N[C@H]1[C@@H](C(=O)O)[C@@H]2C=C[C@H]1C2)c1ccc(-c2ccccc2)nn1. The van der Waals surface area contributed by atoms with Crippen LogP contribution in [0.5, 0.6) is 0 Å². The van der Waals surface area contributed by atoms with E-state index in [4.69, 9.17) is 0 Å². The van der Waals surface area contributed by atoms with Crippen LogP contribution in [0.2, 0.25) is 0 Å². The van der Waals surface area contributed by atoms with E-state index < -0.39 is 17.9 Å². The summed E-state index contributed by atoms with van der Waals surface area (Å²) in [6.45, 7) is 0. The van der Waals surface area contributed by atoms with Crippen LogP contribution in [0.15, 0.2) is 54.6 Å². The number of nitrogens with one attached hydrogen (secondary N) is 1. The Morgan fingerprint density at radius 1 is 1.00 bits per heavy atom. The van der Waals surface area contributed by atoms with Crippen LogP contribution in [0.3, 0.4) is 0 Å². The Morgan fingerprint density at radius 2 is 1.76 bits per heavy atom. The van der Waals surface area contributed by atoms with E-state index in [2.05, 4.69) is 15.5 Å². The predicted molar refractivity (Wildman–Crippen MR) is 90.6 cm³/mol. The topological polar surface area (TPSA) is 92.2 Å². The highest BCUT2D eigenvalue weighted by molar-refractivity contribution is 5.93. The first-order valence-electron chi connectivity index (χ1n) is 8.24. The number of fused-ring (bicyclic) bond motifs is 2. The second-order valence-corrected chi connectivity index (χ2v) is 6.48. The number of aromatic nitrogens is 2. The highest BCUT2D eigenvalue weighted by Gasteiger charge is 2.49. The van der Waals surface area contributed by atoms with Crippen molar-refractivity contribution in [2.75, 3.05) is 0 Å². The normalized spacial score (nSPS) is 26.6. The molecule has 1 amide bonds. The van der Waals surface area contributed by atoms with Gasteiger partial charge in [-0.15, -0.1) is 10.2 Å². The van der Waals surface area contributed by atoms with Crippen LogP contribution in [0.25, 0.3) is 11.3 Å². The second-order valence-electron chi connectivity index (χ2n) is 6.48. The second kappa shape index (κ2) is 6.12. The Labute approximate surface area is 144 Å². The zero-order valence-corrected chi connectivity index (χ0v) is 13.4. The third-order valence-corrected chi connectivity index (χ3v) is 5.01. The van der Waals surface area contributed by atoms with Gasteiger partial charge in [0, 0.05) is 11.6 Å². The molecule has 1 aromatic heterocycles. The maximum absolute atomic E-state index is 12.5. The molecule has 126 valence electrons. The molecule has 2 aromatic rings. The van der Waals surface area contributed by atoms with Gasteiger partial charge in [-0.1, -0.05) is 42.5 Å². The molecular formula is C19H17N3O3. The molecule has 1 saturated carbocycles. The maximum Gasteiger partial charge on any atom is 0.309 e. The molecule has 1 heterocycles. The van der Waals surface area contributed by atoms with Crippen molar-refractivity contribution in [1.29, 1.82) is 0 Å². The van der Waals surface area contributed by atoms with Crippen LogP contribution in [-0.4, -0.2) is 33.2 Å². The standard InChI is InChI=1S/C19H17N3O3/c23-18(20-17-13-7-6-12(10-13)16(17)19(24)25)15-9-8-14(21-22-15)11-4-2-1-3-5-11/h1-9,12-13,16-17H,10H2,(H,20,23)(H,24,25)/t12-,13+,16+,17-/m1/s1. The summed E-state index contributed by atoms with van der Waals surface area (Å²) in [5, 5.41) is 20.4. The van der Waals surface area contributed by atoms with E-state index in [1.54, 1.807) is 12.1 Å². The van der Waals surface area contributed by atoms with E-state index >= 15 is 0 Å². The zero-order valence-electron chi connectivity index (χ0n) is 13.4. The number of hydrogen-bond donors (Lipinski definition) is 2. The van der Waals surface area contributed by atoms with Gasteiger partial charge in [-0.25, -0.2) is 0 Å². The summed E-state index contributed by atoms with van der Waals surface area (Å²) >= 11 is 0. The van der Waals surface area contributed by atoms with Gasteiger partial charge >= 0.3 is 5.97 Å². The third kappa shape index (κ3) is 2.80. The third-order valence-electron chi connectivity index (χ3n) is 5.01. The first-order chi connectivity index (χ1) is 12.1. The van der Waals surface area contributed by atoms with Gasteiger partial charge in [0.2, 0.25) is 0 Å². The number of aliphatic carboxylic acids is 1. The molecular weight excluding hydrogens is 318 g/mol. The lowest BCUT2D eigenvalue weighted by atomic mass is 9.89. The minimum absolute atomic E-state index is 0.000610. The van der Waals surface area contributed by atoms with E-state index in [1.807, 2.05) is 42.5 Å². The number of carbonyl (C=O) groups is 2. The Hall–Kier alpha value is -3.02. The first kappa shape index (κ1) is 15.5. The van der Waals surface area contributed by atoms with Gasteiger partial charge in [-0.2, -0.15) is 0 Å². The minimum atomic E-state index is -0.868. The number of nitrogens with zero attached hydrogens (tertiary/aromatic N) is 2. The number of allylic oxidation sites excluding steroid dienone is 1. The van der Waals surface area contributed by atoms with Gasteiger partial charge in [0.1, 0.15) is 0 Å². The molecule has 0 aliphatic heterocycles. The maximum atomic E-state index is 12.5. The highest BCUT2D eigenvalue weighted by Crippen LogP contribution is 2.43. The van der Waals surface area contributed by atoms with Crippen molar-refractivity contribution in [3.63, 3.8) is 0 Å². The Balaban J connectivity index is 1.50. The smallest absolute Gasteiger partial charge is 0.309 e. The number of hydrogen-bond acceptors (Lipinski definition) is 4. The fourth-order valence-corrected chi connectivity index (χ4v) is 3.80. The van der Waals surface area contributed by atoms with Crippen LogP contribution in [0.4, 0.5) is 0 Å². The lowest BCUT2D eigenvalue weighted by Gasteiger charge is -2.25. The van der Waals surface area contributed by atoms with Crippen molar-refractivity contribution in [2.45, 2.75) is 12.5 Å². The molecule has 2 bridgehead atoms. The molecule has 4 rings (SSSR count). The molecule has 2 aliphatic carbocycles. The Morgan fingerprint density at radius 3 is 2.44 bits per heavy atom. The molecule has 0 radical (unpaired) electrons. The summed E-state index contributed by atoms with van der Waals surface area (Å²) in [6, 6.07) is 12.5. The summed E-state index contributed by atoms with van der Waals surface area (Å²) in [4.78, 5) is 24.0. The van der Waals surface area contributed by atoms with Crippen LogP contribution in [0.1, 0.15) is 16.9 Å². The van der Waals surface area contributed by atoms with Gasteiger partial charge in [0.05, 0.1) is 11.6 Å². The van der Waals surface area contributed by atoms with E-state index in [0.717, 1.165) is 12.0 Å². The van der Waals surface area contributed by atoms with Crippen molar-refractivity contribution in [3.05, 3.63) is 60.3 Å². The molecule has 6 nitrogen and oxygen atoms in total. The van der Waals surface area contributed by atoms with Crippen LogP contribution >= 0.6 is 0 Å². The van der Waals surface area contributed by atoms with Crippen molar-refractivity contribution in [2.24, 2.45) is 17.8 Å². The molecule has 6 heteroatoms. The quantitative estimate of drug-likeness (QED) is 0.835. The van der Waals surface area contributed by atoms with E-state index in [-0.39, 0.29) is 23.4 Å². The van der Waals surface area contributed by atoms with Crippen molar-refractivity contribution in [3.8, 4) is 11.3 Å². The van der Waals surface area contributed by atoms with Crippen molar-refractivity contribution >= 4 is 11.9 Å². The molecule has 2 aliphatic rings. The van der Waals surface area contributed by atoms with E-state index in [0.29, 0.717) is 5.69 Å². The highest BCUT2D eigenvalue weighted by atomic mass is 16.4. The monoisotopic (exact) mass is 335 g/mol. The summed E-state index contributed by atoms with van der Waals surface area (Å²) in [5.74, 6) is -1.75. The summed E-state index contributed by atoms with van der Waals surface area (Å²) in [5.41, 5.74) is 1.80. The largest absolute Gasteiger partial charge is 0.481 e. The molecule has 1 aromatic carbocycles. The summed E-state index contributed by atoms with van der Waals surface area (Å²) < 4.78 is 0. The van der Waals surface area contributed by atoms with E-state index in [9.17, 15) is 14.7 Å². The van der Waals surface area contributed by atoms with Crippen molar-refractivity contribution in [1.82, 2.24) is 15.5 Å². The van der Waals surface area contributed by atoms with Crippen molar-refractivity contribution < 1.29 is 14.7 Å². The number of carboxylic acid groups (broad SMARTS) is 1. The summed E-state index contributed by atoms with van der Waals surface area (Å²) in [7, 11) is 0. The van der Waals surface area contributed by atoms with Crippen LogP contribution < -0.4 is 5.32 Å². The lowest BCUT2D eigenvalue weighted by molar-refractivity contribution is -0.143. The fourth-order valence-electron chi connectivity index (χ4n) is 3.80. The number of amides is 1. The van der Waals surface area contributed by atoms with Gasteiger partial charge < -0.3 is 10.4 Å².